The molecule has 0 radical (unpaired) electrons. The van der Waals surface area contributed by atoms with Crippen molar-refractivity contribution < 1.29 is 4.42 Å². The molecule has 0 spiro atoms. The minimum atomic E-state index is 0.616. The Morgan fingerprint density at radius 3 is 1.31 bits per heavy atom. The van der Waals surface area contributed by atoms with Crippen LogP contribution in [0.4, 0.5) is 0 Å². The maximum atomic E-state index is 6.52. The van der Waals surface area contributed by atoms with Crippen molar-refractivity contribution in [3.05, 3.63) is 176 Å². The van der Waals surface area contributed by atoms with Crippen molar-refractivity contribution in [2.75, 3.05) is 0 Å². The van der Waals surface area contributed by atoms with Crippen molar-refractivity contribution in [3.63, 3.8) is 0 Å². The molecule has 10 rings (SSSR count). The fourth-order valence-electron chi connectivity index (χ4n) is 7.19. The van der Waals surface area contributed by atoms with Gasteiger partial charge < -0.3 is 4.42 Å². The van der Waals surface area contributed by atoms with Crippen molar-refractivity contribution in [1.82, 2.24) is 15.0 Å². The van der Waals surface area contributed by atoms with Crippen molar-refractivity contribution >= 4 is 43.5 Å². The maximum absolute atomic E-state index is 6.52. The average Bonchev–Trinajstić information content (AvgIpc) is 3.62. The van der Waals surface area contributed by atoms with Gasteiger partial charge in [0.1, 0.15) is 11.2 Å². The van der Waals surface area contributed by atoms with Crippen LogP contribution >= 0.6 is 0 Å². The molecule has 238 valence electrons. The predicted octanol–water partition coefficient (Wildman–Crippen LogP) is 12.4. The summed E-state index contributed by atoms with van der Waals surface area (Å²) in [7, 11) is 0. The van der Waals surface area contributed by atoms with E-state index in [1.165, 1.54) is 11.1 Å². The summed E-state index contributed by atoms with van der Waals surface area (Å²) in [5.41, 5.74) is 9.17. The number of aromatic nitrogens is 3. The number of furan rings is 1. The lowest BCUT2D eigenvalue weighted by Gasteiger charge is -2.11. The molecular formula is C47H29N3O. The molecular weight excluding hydrogens is 623 g/mol. The lowest BCUT2D eigenvalue weighted by atomic mass is 9.95. The third kappa shape index (κ3) is 5.04. The van der Waals surface area contributed by atoms with Gasteiger partial charge in [-0.15, -0.1) is 0 Å². The number of hydrogen-bond donors (Lipinski definition) is 0. The normalized spacial score (nSPS) is 11.5. The Bertz CT molecular complexity index is 2780. The fourth-order valence-corrected chi connectivity index (χ4v) is 7.19. The van der Waals surface area contributed by atoms with E-state index in [-0.39, 0.29) is 0 Å². The number of para-hydroxylation sites is 1. The average molecular weight is 652 g/mol. The van der Waals surface area contributed by atoms with E-state index in [0.29, 0.717) is 17.5 Å². The third-order valence-electron chi connectivity index (χ3n) is 9.74. The minimum Gasteiger partial charge on any atom is -0.455 e. The summed E-state index contributed by atoms with van der Waals surface area (Å²) in [6.07, 6.45) is 0. The first-order chi connectivity index (χ1) is 25.3. The van der Waals surface area contributed by atoms with Crippen molar-refractivity contribution in [1.29, 1.82) is 0 Å². The minimum absolute atomic E-state index is 0.616. The number of nitrogens with zero attached hydrogens (tertiary/aromatic N) is 3. The van der Waals surface area contributed by atoms with Gasteiger partial charge >= 0.3 is 0 Å². The van der Waals surface area contributed by atoms with Crippen LogP contribution in [0.2, 0.25) is 0 Å². The molecule has 0 aliphatic heterocycles. The highest BCUT2D eigenvalue weighted by atomic mass is 16.3. The molecule has 4 nitrogen and oxygen atoms in total. The molecule has 0 saturated heterocycles. The molecule has 0 unspecified atom stereocenters. The SMILES string of the molecule is c1ccc(-c2ccc(-c3nc(-c4ccc(-c5ccccc5)cc4)nc(-c4ccc5c(c4)c4ccccc4c4c6ccccc6oc54)n3)cc2)cc1. The largest absolute Gasteiger partial charge is 0.455 e. The molecule has 0 saturated carbocycles. The van der Waals surface area contributed by atoms with E-state index in [9.17, 15) is 0 Å². The fraction of sp³-hybridized carbons (Fsp3) is 0. The molecule has 0 amide bonds. The van der Waals surface area contributed by atoms with Gasteiger partial charge in [0.25, 0.3) is 0 Å². The summed E-state index contributed by atoms with van der Waals surface area (Å²) >= 11 is 0. The van der Waals surface area contributed by atoms with Crippen LogP contribution in [0.3, 0.4) is 0 Å². The molecule has 2 aromatic heterocycles. The summed E-state index contributed by atoms with van der Waals surface area (Å²) < 4.78 is 6.52. The Kier molecular flexibility index (Phi) is 6.78. The monoisotopic (exact) mass is 651 g/mol. The molecule has 2 heterocycles. The Labute approximate surface area is 294 Å². The van der Waals surface area contributed by atoms with Gasteiger partial charge in [-0.05, 0) is 56.6 Å². The molecule has 0 aliphatic carbocycles. The number of rotatable bonds is 5. The molecule has 4 heteroatoms. The third-order valence-corrected chi connectivity index (χ3v) is 9.74. The highest BCUT2D eigenvalue weighted by Crippen LogP contribution is 2.42. The van der Waals surface area contributed by atoms with Gasteiger partial charge in [0.15, 0.2) is 17.5 Å². The van der Waals surface area contributed by atoms with Crippen molar-refractivity contribution in [2.24, 2.45) is 0 Å². The predicted molar refractivity (Wildman–Crippen MR) is 209 cm³/mol. The second kappa shape index (κ2) is 11.9. The Morgan fingerprint density at radius 1 is 0.294 bits per heavy atom. The summed E-state index contributed by atoms with van der Waals surface area (Å²) in [4.78, 5) is 15.3. The lowest BCUT2D eigenvalue weighted by molar-refractivity contribution is 0.673. The first-order valence-corrected chi connectivity index (χ1v) is 17.1. The molecule has 0 N–H and O–H groups in total. The zero-order valence-corrected chi connectivity index (χ0v) is 27.5. The van der Waals surface area contributed by atoms with Crippen LogP contribution in [0.25, 0.3) is 99.9 Å². The van der Waals surface area contributed by atoms with Crippen LogP contribution in [-0.4, -0.2) is 15.0 Å². The Balaban J connectivity index is 1.15. The van der Waals surface area contributed by atoms with E-state index in [2.05, 4.69) is 152 Å². The first kappa shape index (κ1) is 29.0. The zero-order valence-electron chi connectivity index (χ0n) is 27.5. The van der Waals surface area contributed by atoms with E-state index in [0.717, 1.165) is 71.3 Å². The highest BCUT2D eigenvalue weighted by Gasteiger charge is 2.18. The smallest absolute Gasteiger partial charge is 0.164 e. The summed E-state index contributed by atoms with van der Waals surface area (Å²) in [6, 6.07) is 61.0. The molecule has 0 fully saturated rings. The van der Waals surface area contributed by atoms with Crippen LogP contribution in [0.15, 0.2) is 180 Å². The quantitative estimate of drug-likeness (QED) is 0.174. The van der Waals surface area contributed by atoms with E-state index < -0.39 is 0 Å². The first-order valence-electron chi connectivity index (χ1n) is 17.1. The lowest BCUT2D eigenvalue weighted by Crippen LogP contribution is -2.00. The molecule has 0 atom stereocenters. The molecule has 10 aromatic rings. The van der Waals surface area contributed by atoms with Crippen LogP contribution < -0.4 is 0 Å². The van der Waals surface area contributed by atoms with Gasteiger partial charge in [-0.25, -0.2) is 15.0 Å². The van der Waals surface area contributed by atoms with Crippen LogP contribution in [0.1, 0.15) is 0 Å². The topological polar surface area (TPSA) is 51.8 Å². The zero-order chi connectivity index (χ0) is 33.7. The van der Waals surface area contributed by atoms with Crippen molar-refractivity contribution in [3.8, 4) is 56.4 Å². The second-order valence-corrected chi connectivity index (χ2v) is 12.8. The van der Waals surface area contributed by atoms with Gasteiger partial charge in [0, 0.05) is 32.8 Å². The van der Waals surface area contributed by atoms with E-state index in [1.54, 1.807) is 0 Å². The summed E-state index contributed by atoms with van der Waals surface area (Å²) in [6.45, 7) is 0. The summed E-state index contributed by atoms with van der Waals surface area (Å²) in [5, 5.41) is 6.75. The maximum Gasteiger partial charge on any atom is 0.164 e. The number of hydrogen-bond acceptors (Lipinski definition) is 4. The van der Waals surface area contributed by atoms with Crippen LogP contribution in [0, 0.1) is 0 Å². The van der Waals surface area contributed by atoms with Gasteiger partial charge in [-0.1, -0.05) is 158 Å². The molecule has 0 bridgehead atoms. The number of fused-ring (bicyclic) bond motifs is 8. The Morgan fingerprint density at radius 2 is 0.725 bits per heavy atom. The Hall–Kier alpha value is -6.91. The van der Waals surface area contributed by atoms with Gasteiger partial charge in [0.2, 0.25) is 0 Å². The van der Waals surface area contributed by atoms with E-state index in [1.807, 2.05) is 24.3 Å². The number of benzene rings is 8. The van der Waals surface area contributed by atoms with E-state index in [4.69, 9.17) is 19.4 Å². The standard InChI is InChI=1S/C47H29N3O/c1-3-11-30(12-4-1)32-19-23-34(24-20-32)45-48-46(35-25-21-33(22-26-35)31-13-5-2-6-14-31)50-47(49-45)36-27-28-39-41(29-36)37-15-7-8-16-38(37)43-40-17-9-10-18-42(40)51-44(39)43/h1-29H. The molecule has 8 aromatic carbocycles. The van der Waals surface area contributed by atoms with Gasteiger partial charge in [-0.3, -0.25) is 0 Å². The van der Waals surface area contributed by atoms with E-state index >= 15 is 0 Å². The van der Waals surface area contributed by atoms with Crippen LogP contribution in [-0.2, 0) is 0 Å². The molecule has 0 aliphatic rings. The van der Waals surface area contributed by atoms with Gasteiger partial charge in [-0.2, -0.15) is 0 Å². The summed E-state index contributed by atoms with van der Waals surface area (Å²) in [5.74, 6) is 1.86. The van der Waals surface area contributed by atoms with Crippen molar-refractivity contribution in [2.45, 2.75) is 0 Å². The highest BCUT2D eigenvalue weighted by molar-refractivity contribution is 6.30. The molecule has 51 heavy (non-hydrogen) atoms. The van der Waals surface area contributed by atoms with Gasteiger partial charge in [0.05, 0.1) is 0 Å². The second-order valence-electron chi connectivity index (χ2n) is 12.8. The van der Waals surface area contributed by atoms with Crippen LogP contribution in [0.5, 0.6) is 0 Å².